The zero-order valence-corrected chi connectivity index (χ0v) is 12.1. The van der Waals surface area contributed by atoms with Gasteiger partial charge in [0, 0.05) is 11.8 Å². The van der Waals surface area contributed by atoms with Crippen LogP contribution in [0.15, 0.2) is 35.3 Å². The number of nitrogens with zero attached hydrogens (tertiary/aromatic N) is 1. The third kappa shape index (κ3) is 2.38. The van der Waals surface area contributed by atoms with Gasteiger partial charge in [0.25, 0.3) is 0 Å². The minimum atomic E-state index is -0.878. The number of hydrogen-bond donors (Lipinski definition) is 0. The normalized spacial score (nSPS) is 21.7. The van der Waals surface area contributed by atoms with E-state index in [1.54, 1.807) is 12.1 Å². The van der Waals surface area contributed by atoms with Crippen LogP contribution >= 0.6 is 0 Å². The molecule has 1 aromatic carbocycles. The lowest BCUT2D eigenvalue weighted by Crippen LogP contribution is -2.29. The van der Waals surface area contributed by atoms with E-state index in [2.05, 4.69) is 4.99 Å². The van der Waals surface area contributed by atoms with Gasteiger partial charge in [0.1, 0.15) is 11.2 Å². The summed E-state index contributed by atoms with van der Waals surface area (Å²) in [6, 6.07) is 6.18. The molecule has 1 aliphatic rings. The Kier molecular flexibility index (Phi) is 3.75. The van der Waals surface area contributed by atoms with E-state index in [1.165, 1.54) is 19.2 Å². The van der Waals surface area contributed by atoms with Crippen LogP contribution in [0.1, 0.15) is 26.3 Å². The average molecular weight is 275 g/mol. The third-order valence-corrected chi connectivity index (χ3v) is 3.39. The Labute approximate surface area is 118 Å². The van der Waals surface area contributed by atoms with Gasteiger partial charge >= 0.3 is 5.97 Å². The summed E-state index contributed by atoms with van der Waals surface area (Å²) in [6.45, 7) is 5.73. The van der Waals surface area contributed by atoms with Crippen molar-refractivity contribution in [3.8, 4) is 0 Å². The summed E-state index contributed by atoms with van der Waals surface area (Å²) in [5, 5.41) is 0. The van der Waals surface area contributed by atoms with Gasteiger partial charge in [0.05, 0.1) is 7.11 Å². The number of aliphatic imine (C=N–C) groups is 1. The van der Waals surface area contributed by atoms with Gasteiger partial charge in [-0.3, -0.25) is 9.79 Å². The van der Waals surface area contributed by atoms with Crippen molar-refractivity contribution in [3.63, 3.8) is 0 Å². The number of benzene rings is 1. The van der Waals surface area contributed by atoms with Crippen molar-refractivity contribution in [2.24, 2.45) is 10.4 Å². The number of carbonyl (C=O) groups excluding carboxylic acids is 1. The summed E-state index contributed by atoms with van der Waals surface area (Å²) >= 11 is 0. The van der Waals surface area contributed by atoms with Gasteiger partial charge in [0.15, 0.2) is 0 Å². The van der Waals surface area contributed by atoms with Gasteiger partial charge in [-0.2, -0.15) is 0 Å². The van der Waals surface area contributed by atoms with E-state index in [9.17, 15) is 9.18 Å². The lowest BCUT2D eigenvalue weighted by Gasteiger charge is -2.17. The Balaban J connectivity index is 2.36. The van der Waals surface area contributed by atoms with Crippen molar-refractivity contribution in [1.82, 2.24) is 0 Å². The number of rotatable bonds is 4. The Morgan fingerprint density at radius 2 is 1.90 bits per heavy atom. The quantitative estimate of drug-likeness (QED) is 0.625. The minimum absolute atomic E-state index is 0.0972. The van der Waals surface area contributed by atoms with Crippen molar-refractivity contribution >= 4 is 17.3 Å². The standard InChI is InChI=1S/C16H18FNO2/c1-10(2)18-11(3)16(15(19)20-4)9-14(16)12-5-7-13(17)8-6-12/h5-10H,1-4H3. The molecule has 0 fully saturated rings. The fraction of sp³-hybridized carbons (Fsp3) is 0.375. The van der Waals surface area contributed by atoms with Crippen molar-refractivity contribution in [1.29, 1.82) is 0 Å². The maximum Gasteiger partial charge on any atom is 0.326 e. The minimum Gasteiger partial charge on any atom is -0.468 e. The van der Waals surface area contributed by atoms with Gasteiger partial charge in [0.2, 0.25) is 0 Å². The number of halogens is 1. The Morgan fingerprint density at radius 1 is 1.30 bits per heavy atom. The molecule has 1 atom stereocenters. The van der Waals surface area contributed by atoms with Gasteiger partial charge < -0.3 is 4.74 Å². The summed E-state index contributed by atoms with van der Waals surface area (Å²) < 4.78 is 17.9. The molecule has 0 amide bonds. The first-order valence-corrected chi connectivity index (χ1v) is 6.54. The molecule has 2 rings (SSSR count). The largest absolute Gasteiger partial charge is 0.468 e. The summed E-state index contributed by atoms with van der Waals surface area (Å²) in [4.78, 5) is 16.6. The van der Waals surface area contributed by atoms with Crippen LogP contribution in [0, 0.1) is 11.2 Å². The summed E-state index contributed by atoms with van der Waals surface area (Å²) in [7, 11) is 1.36. The maximum absolute atomic E-state index is 13.0. The van der Waals surface area contributed by atoms with Crippen LogP contribution in [0.2, 0.25) is 0 Å². The zero-order valence-electron chi connectivity index (χ0n) is 12.1. The van der Waals surface area contributed by atoms with E-state index in [4.69, 9.17) is 4.74 Å². The molecule has 20 heavy (non-hydrogen) atoms. The topological polar surface area (TPSA) is 38.7 Å². The molecule has 0 N–H and O–H groups in total. The van der Waals surface area contributed by atoms with Gasteiger partial charge in [-0.25, -0.2) is 4.39 Å². The summed E-state index contributed by atoms with van der Waals surface area (Å²) in [5.74, 6) is -0.648. The van der Waals surface area contributed by atoms with Gasteiger partial charge in [-0.15, -0.1) is 0 Å². The molecule has 3 nitrogen and oxygen atoms in total. The fourth-order valence-electron chi connectivity index (χ4n) is 2.39. The second-order valence-corrected chi connectivity index (χ2v) is 5.17. The molecule has 0 heterocycles. The second kappa shape index (κ2) is 5.19. The molecule has 0 aliphatic heterocycles. The highest BCUT2D eigenvalue weighted by Gasteiger charge is 2.55. The molecular weight excluding hydrogens is 257 g/mol. The zero-order chi connectivity index (χ0) is 14.9. The molecule has 0 aromatic heterocycles. The molecule has 1 aromatic rings. The van der Waals surface area contributed by atoms with Crippen LogP contribution in [0.4, 0.5) is 4.39 Å². The highest BCUT2D eigenvalue weighted by atomic mass is 19.1. The lowest BCUT2D eigenvalue weighted by atomic mass is 9.91. The SMILES string of the molecule is COC(=O)C1(C(C)=NC(C)C)C=C1c1ccc(F)cc1. The third-order valence-electron chi connectivity index (χ3n) is 3.39. The monoisotopic (exact) mass is 275 g/mol. The van der Waals surface area contributed by atoms with Crippen molar-refractivity contribution in [2.45, 2.75) is 26.8 Å². The molecule has 1 aliphatic carbocycles. The fourth-order valence-corrected chi connectivity index (χ4v) is 2.39. The number of esters is 1. The Morgan fingerprint density at radius 3 is 2.40 bits per heavy atom. The van der Waals surface area contributed by atoms with E-state index in [-0.39, 0.29) is 17.8 Å². The van der Waals surface area contributed by atoms with E-state index in [0.717, 1.165) is 11.1 Å². The van der Waals surface area contributed by atoms with Gasteiger partial charge in [-0.1, -0.05) is 18.2 Å². The predicted molar refractivity (Wildman–Crippen MR) is 77.1 cm³/mol. The van der Waals surface area contributed by atoms with E-state index in [1.807, 2.05) is 26.8 Å². The van der Waals surface area contributed by atoms with Crippen molar-refractivity contribution in [3.05, 3.63) is 41.7 Å². The first kappa shape index (κ1) is 14.4. The highest BCUT2D eigenvalue weighted by molar-refractivity contribution is 6.25. The molecule has 1 unspecified atom stereocenters. The van der Waals surface area contributed by atoms with Gasteiger partial charge in [-0.05, 0) is 44.0 Å². The molecule has 0 spiro atoms. The lowest BCUT2D eigenvalue weighted by molar-refractivity contribution is -0.143. The number of ether oxygens (including phenoxy) is 1. The maximum atomic E-state index is 13.0. The Bertz CT molecular complexity index is 587. The molecule has 0 bridgehead atoms. The van der Waals surface area contributed by atoms with E-state index in [0.29, 0.717) is 5.71 Å². The first-order chi connectivity index (χ1) is 9.41. The van der Waals surface area contributed by atoms with E-state index >= 15 is 0 Å². The highest BCUT2D eigenvalue weighted by Crippen LogP contribution is 2.53. The summed E-state index contributed by atoms with van der Waals surface area (Å²) in [6.07, 6.45) is 1.83. The number of hydrogen-bond acceptors (Lipinski definition) is 3. The smallest absolute Gasteiger partial charge is 0.326 e. The van der Waals surface area contributed by atoms with Crippen LogP contribution in [-0.2, 0) is 9.53 Å². The molecule has 4 heteroatoms. The van der Waals surface area contributed by atoms with Crippen LogP contribution in [-0.4, -0.2) is 24.8 Å². The average Bonchev–Trinajstić information content (AvgIpc) is 3.14. The van der Waals surface area contributed by atoms with Crippen LogP contribution in [0.3, 0.4) is 0 Å². The Hall–Kier alpha value is -1.97. The summed E-state index contributed by atoms with van der Waals surface area (Å²) in [5.41, 5.74) is 1.47. The van der Waals surface area contributed by atoms with Crippen molar-refractivity contribution < 1.29 is 13.9 Å². The predicted octanol–water partition coefficient (Wildman–Crippen LogP) is 3.25. The van der Waals surface area contributed by atoms with Crippen molar-refractivity contribution in [2.75, 3.05) is 7.11 Å². The van der Waals surface area contributed by atoms with Crippen LogP contribution < -0.4 is 0 Å². The molecule has 0 saturated carbocycles. The molecule has 0 saturated heterocycles. The van der Waals surface area contributed by atoms with Crippen LogP contribution in [0.25, 0.3) is 5.57 Å². The number of methoxy groups -OCH3 is 1. The molecule has 0 radical (unpaired) electrons. The first-order valence-electron chi connectivity index (χ1n) is 6.54. The number of carbonyl (C=O) groups is 1. The van der Waals surface area contributed by atoms with Crippen LogP contribution in [0.5, 0.6) is 0 Å². The second-order valence-electron chi connectivity index (χ2n) is 5.17. The molecule has 106 valence electrons. The molecular formula is C16H18FNO2. The van der Waals surface area contributed by atoms with E-state index < -0.39 is 5.41 Å².